The average molecular weight is 311 g/mol. The lowest BCUT2D eigenvalue weighted by atomic mass is 10.1. The van der Waals surface area contributed by atoms with Gasteiger partial charge in [-0.15, -0.1) is 0 Å². The zero-order chi connectivity index (χ0) is 15.5. The van der Waals surface area contributed by atoms with Gasteiger partial charge in [-0.3, -0.25) is 9.78 Å². The van der Waals surface area contributed by atoms with E-state index in [9.17, 15) is 13.2 Å². The molecule has 1 aromatic rings. The van der Waals surface area contributed by atoms with E-state index in [1.807, 2.05) is 6.92 Å². The Morgan fingerprint density at radius 3 is 2.57 bits per heavy atom. The van der Waals surface area contributed by atoms with Crippen LogP contribution in [0.1, 0.15) is 35.8 Å². The Bertz CT molecular complexity index is 590. The molecule has 2 heterocycles. The fourth-order valence-corrected chi connectivity index (χ4v) is 3.46. The molecule has 1 aliphatic heterocycles. The molecular formula is C14H21N3O3S. The predicted octanol–water partition coefficient (Wildman–Crippen LogP) is 0.934. The van der Waals surface area contributed by atoms with Gasteiger partial charge in [0.05, 0.1) is 11.3 Å². The van der Waals surface area contributed by atoms with Gasteiger partial charge < -0.3 is 5.32 Å². The molecule has 0 bridgehead atoms. The predicted molar refractivity (Wildman–Crippen MR) is 80.5 cm³/mol. The van der Waals surface area contributed by atoms with Crippen molar-refractivity contribution in [2.75, 3.05) is 18.8 Å². The summed E-state index contributed by atoms with van der Waals surface area (Å²) in [5.41, 5.74) is 1.40. The molecule has 0 saturated carbocycles. The molecule has 7 heteroatoms. The highest BCUT2D eigenvalue weighted by Gasteiger charge is 2.27. The number of amides is 1. The molecule has 0 unspecified atom stereocenters. The monoisotopic (exact) mass is 311 g/mol. The normalized spacial score (nSPS) is 17.6. The van der Waals surface area contributed by atoms with Crippen molar-refractivity contribution in [2.45, 2.75) is 32.7 Å². The van der Waals surface area contributed by atoms with Gasteiger partial charge in [-0.1, -0.05) is 0 Å². The van der Waals surface area contributed by atoms with Crippen LogP contribution in [0.15, 0.2) is 18.3 Å². The summed E-state index contributed by atoms with van der Waals surface area (Å²) in [5.74, 6) is -0.0294. The summed E-state index contributed by atoms with van der Waals surface area (Å²) in [7, 11) is -3.12. The van der Waals surface area contributed by atoms with Crippen molar-refractivity contribution in [1.82, 2.24) is 14.6 Å². The van der Waals surface area contributed by atoms with Crippen LogP contribution in [0.25, 0.3) is 0 Å². The second kappa shape index (κ2) is 6.53. The van der Waals surface area contributed by atoms with Gasteiger partial charge in [0.1, 0.15) is 0 Å². The summed E-state index contributed by atoms with van der Waals surface area (Å²) in [6.07, 6.45) is 2.84. The van der Waals surface area contributed by atoms with Crippen LogP contribution in [0.2, 0.25) is 0 Å². The number of rotatable bonds is 4. The third kappa shape index (κ3) is 4.01. The highest BCUT2D eigenvalue weighted by Crippen LogP contribution is 2.15. The first-order valence-electron chi connectivity index (χ1n) is 7.13. The van der Waals surface area contributed by atoms with Crippen LogP contribution in [0, 0.1) is 6.92 Å². The van der Waals surface area contributed by atoms with Gasteiger partial charge in [0.2, 0.25) is 10.0 Å². The molecule has 2 rings (SSSR count). The number of hydrogen-bond acceptors (Lipinski definition) is 4. The molecule has 21 heavy (non-hydrogen) atoms. The Labute approximate surface area is 125 Å². The number of piperidine rings is 1. The van der Waals surface area contributed by atoms with Gasteiger partial charge in [-0.2, -0.15) is 0 Å². The topological polar surface area (TPSA) is 79.4 Å². The summed E-state index contributed by atoms with van der Waals surface area (Å²) < 4.78 is 25.0. The maximum atomic E-state index is 12.1. The van der Waals surface area contributed by atoms with Crippen LogP contribution in [0.4, 0.5) is 0 Å². The molecule has 0 aromatic carbocycles. The fourth-order valence-electron chi connectivity index (χ4n) is 2.33. The fraction of sp³-hybridized carbons (Fsp3) is 0.571. The van der Waals surface area contributed by atoms with Crippen molar-refractivity contribution >= 4 is 15.9 Å². The lowest BCUT2D eigenvalue weighted by molar-refractivity contribution is 0.0923. The lowest BCUT2D eigenvalue weighted by Gasteiger charge is -2.31. The second-order valence-electron chi connectivity index (χ2n) is 5.24. The minimum Gasteiger partial charge on any atom is -0.349 e. The van der Waals surface area contributed by atoms with Gasteiger partial charge in [0.15, 0.2) is 0 Å². The van der Waals surface area contributed by atoms with E-state index in [0.717, 1.165) is 5.69 Å². The van der Waals surface area contributed by atoms with E-state index >= 15 is 0 Å². The van der Waals surface area contributed by atoms with Crippen molar-refractivity contribution in [3.8, 4) is 0 Å². The number of nitrogens with one attached hydrogen (secondary N) is 1. The summed E-state index contributed by atoms with van der Waals surface area (Å²) in [4.78, 5) is 16.2. The van der Waals surface area contributed by atoms with E-state index in [0.29, 0.717) is 31.5 Å². The molecule has 0 atom stereocenters. The van der Waals surface area contributed by atoms with E-state index in [-0.39, 0.29) is 17.7 Å². The third-order valence-electron chi connectivity index (χ3n) is 3.72. The van der Waals surface area contributed by atoms with Crippen molar-refractivity contribution in [3.63, 3.8) is 0 Å². The third-order valence-corrected chi connectivity index (χ3v) is 5.60. The highest BCUT2D eigenvalue weighted by atomic mass is 32.2. The molecule has 1 fully saturated rings. The molecule has 1 saturated heterocycles. The van der Waals surface area contributed by atoms with Gasteiger partial charge in [0, 0.05) is 31.0 Å². The van der Waals surface area contributed by atoms with Crippen molar-refractivity contribution in [1.29, 1.82) is 0 Å². The number of sulfonamides is 1. The Morgan fingerprint density at radius 1 is 1.38 bits per heavy atom. The molecule has 0 radical (unpaired) electrons. The van der Waals surface area contributed by atoms with Gasteiger partial charge >= 0.3 is 0 Å². The van der Waals surface area contributed by atoms with Crippen LogP contribution >= 0.6 is 0 Å². The first kappa shape index (κ1) is 15.9. The van der Waals surface area contributed by atoms with Gasteiger partial charge in [0.25, 0.3) is 5.91 Å². The van der Waals surface area contributed by atoms with E-state index in [2.05, 4.69) is 10.3 Å². The van der Waals surface area contributed by atoms with Crippen LogP contribution in [0.5, 0.6) is 0 Å². The Kier molecular flexibility index (Phi) is 4.95. The largest absolute Gasteiger partial charge is 0.349 e. The SMILES string of the molecule is CCS(=O)(=O)N1CCC(NC(=O)c2ccc(C)nc2)CC1. The number of hydrogen-bond donors (Lipinski definition) is 1. The molecule has 0 aliphatic carbocycles. The Balaban J connectivity index is 1.89. The van der Waals surface area contributed by atoms with Gasteiger partial charge in [-0.05, 0) is 38.8 Å². The number of pyridine rings is 1. The summed E-state index contributed by atoms with van der Waals surface area (Å²) in [6, 6.07) is 3.56. The maximum Gasteiger partial charge on any atom is 0.253 e. The molecule has 6 nitrogen and oxygen atoms in total. The van der Waals surface area contributed by atoms with Crippen molar-refractivity contribution in [3.05, 3.63) is 29.6 Å². The molecular weight excluding hydrogens is 290 g/mol. The first-order chi connectivity index (χ1) is 9.92. The Morgan fingerprint density at radius 2 is 2.05 bits per heavy atom. The zero-order valence-electron chi connectivity index (χ0n) is 12.4. The summed E-state index contributed by atoms with van der Waals surface area (Å²) in [6.45, 7) is 4.44. The highest BCUT2D eigenvalue weighted by molar-refractivity contribution is 7.89. The van der Waals surface area contributed by atoms with Crippen LogP contribution in [0.3, 0.4) is 0 Å². The average Bonchev–Trinajstić information content (AvgIpc) is 2.48. The summed E-state index contributed by atoms with van der Waals surface area (Å²) >= 11 is 0. The lowest BCUT2D eigenvalue weighted by Crippen LogP contribution is -2.46. The van der Waals surface area contributed by atoms with Crippen molar-refractivity contribution in [2.24, 2.45) is 0 Å². The molecule has 1 N–H and O–H groups in total. The minimum absolute atomic E-state index is 0.0158. The first-order valence-corrected chi connectivity index (χ1v) is 8.74. The summed E-state index contributed by atoms with van der Waals surface area (Å²) in [5, 5.41) is 2.94. The van der Waals surface area contributed by atoms with Gasteiger partial charge in [-0.25, -0.2) is 12.7 Å². The quantitative estimate of drug-likeness (QED) is 0.897. The van der Waals surface area contributed by atoms with Crippen LogP contribution < -0.4 is 5.32 Å². The number of carbonyl (C=O) groups excluding carboxylic acids is 1. The molecule has 1 amide bonds. The van der Waals surface area contributed by atoms with E-state index < -0.39 is 10.0 Å². The van der Waals surface area contributed by atoms with Crippen molar-refractivity contribution < 1.29 is 13.2 Å². The number of nitrogens with zero attached hydrogens (tertiary/aromatic N) is 2. The molecule has 1 aliphatic rings. The Hall–Kier alpha value is -1.47. The van der Waals surface area contributed by atoms with E-state index in [1.165, 1.54) is 4.31 Å². The molecule has 0 spiro atoms. The number of carbonyl (C=O) groups is 1. The standard InChI is InChI=1S/C14H21N3O3S/c1-3-21(19,20)17-8-6-13(7-9-17)16-14(18)12-5-4-11(2)15-10-12/h4-5,10,13H,3,6-9H2,1-2H3,(H,16,18). The zero-order valence-corrected chi connectivity index (χ0v) is 13.2. The second-order valence-corrected chi connectivity index (χ2v) is 7.49. The molecule has 116 valence electrons. The number of aromatic nitrogens is 1. The maximum absolute atomic E-state index is 12.1. The minimum atomic E-state index is -3.12. The van der Waals surface area contributed by atoms with E-state index in [4.69, 9.17) is 0 Å². The number of aryl methyl sites for hydroxylation is 1. The molecule has 1 aromatic heterocycles. The van der Waals surface area contributed by atoms with Crippen LogP contribution in [-0.2, 0) is 10.0 Å². The smallest absolute Gasteiger partial charge is 0.253 e. The van der Waals surface area contributed by atoms with E-state index in [1.54, 1.807) is 25.3 Å². The van der Waals surface area contributed by atoms with Crippen LogP contribution in [-0.4, -0.2) is 48.5 Å².